The number of carbonyl (C=O) groups excluding carboxylic acids is 3. The Hall–Kier alpha value is -4.32. The summed E-state index contributed by atoms with van der Waals surface area (Å²) in [5, 5.41) is 4.35. The molecule has 0 aliphatic heterocycles. The van der Waals surface area contributed by atoms with Gasteiger partial charge < -0.3 is 15.4 Å². The third-order valence-corrected chi connectivity index (χ3v) is 5.95. The van der Waals surface area contributed by atoms with Crippen molar-refractivity contribution in [2.24, 2.45) is 5.92 Å². The number of pyridine rings is 1. The zero-order valence-corrected chi connectivity index (χ0v) is 20.3. The van der Waals surface area contributed by atoms with Crippen LogP contribution in [-0.2, 0) is 11.0 Å². The van der Waals surface area contributed by atoms with E-state index in [1.165, 1.54) is 36.5 Å². The average molecular weight is 548 g/mol. The van der Waals surface area contributed by atoms with Gasteiger partial charge in [-0.15, -0.1) is 0 Å². The molecule has 1 aliphatic carbocycles. The molecule has 0 radical (unpaired) electrons. The summed E-state index contributed by atoms with van der Waals surface area (Å²) in [6.07, 6.45) is -0.696. The van der Waals surface area contributed by atoms with Crippen molar-refractivity contribution in [3.63, 3.8) is 0 Å². The van der Waals surface area contributed by atoms with E-state index in [9.17, 15) is 27.6 Å². The van der Waals surface area contributed by atoms with Crippen LogP contribution >= 0.6 is 11.6 Å². The van der Waals surface area contributed by atoms with Gasteiger partial charge in [0.15, 0.2) is 0 Å². The lowest BCUT2D eigenvalue weighted by Crippen LogP contribution is -2.46. The number of hydrazine groups is 1. The summed E-state index contributed by atoms with van der Waals surface area (Å²) in [7, 11) is 0. The molecule has 1 aliphatic rings. The van der Waals surface area contributed by atoms with E-state index in [4.69, 9.17) is 16.3 Å². The fourth-order valence-electron chi connectivity index (χ4n) is 3.41. The van der Waals surface area contributed by atoms with E-state index in [-0.39, 0.29) is 23.2 Å². The molecule has 0 bridgehead atoms. The van der Waals surface area contributed by atoms with Crippen molar-refractivity contribution in [3.8, 4) is 11.5 Å². The quantitative estimate of drug-likeness (QED) is 0.293. The zero-order chi connectivity index (χ0) is 27.3. The Morgan fingerprint density at radius 3 is 2.24 bits per heavy atom. The lowest BCUT2D eigenvalue weighted by Gasteiger charge is -2.23. The first-order chi connectivity index (χ1) is 18.1. The molecule has 4 rings (SSSR count). The molecule has 9 nitrogen and oxygen atoms in total. The number of hydrogen-bond acceptors (Lipinski definition) is 5. The van der Waals surface area contributed by atoms with Crippen molar-refractivity contribution in [1.82, 2.24) is 15.8 Å². The third-order valence-electron chi connectivity index (χ3n) is 5.62. The highest BCUT2D eigenvalue weighted by molar-refractivity contribution is 6.31. The van der Waals surface area contributed by atoms with Gasteiger partial charge in [-0.25, -0.2) is 4.79 Å². The highest BCUT2D eigenvalue weighted by atomic mass is 35.5. The number of urea groups is 1. The summed E-state index contributed by atoms with van der Waals surface area (Å²) >= 11 is 5.59. The second-order valence-electron chi connectivity index (χ2n) is 8.35. The monoisotopic (exact) mass is 547 g/mol. The third kappa shape index (κ3) is 6.91. The molecule has 1 heterocycles. The summed E-state index contributed by atoms with van der Waals surface area (Å²) in [6.45, 7) is 0. The van der Waals surface area contributed by atoms with Gasteiger partial charge in [-0.2, -0.15) is 13.2 Å². The highest BCUT2D eigenvalue weighted by Gasteiger charge is 2.33. The van der Waals surface area contributed by atoms with Gasteiger partial charge in [0, 0.05) is 29.6 Å². The van der Waals surface area contributed by atoms with Gasteiger partial charge in [0.05, 0.1) is 10.6 Å². The molecule has 1 saturated carbocycles. The lowest BCUT2D eigenvalue weighted by molar-refractivity contribution is -0.137. The normalized spacial score (nSPS) is 13.2. The molecule has 0 unspecified atom stereocenters. The standard InChI is InChI=1S/C25H21ClF3N5O4/c26-20-9-6-16(12-19(20)25(27,28)29)32-24(37)31-15-4-7-17(8-5-15)38-18-10-11-30-21(13-18)23(36)34-33-22(35)14-2-1-3-14/h4-14H,1-3H2,(H,33,35)(H,34,36)(H2,31,32,37). The first-order valence-corrected chi connectivity index (χ1v) is 11.8. The number of amides is 4. The number of hydrogen-bond donors (Lipinski definition) is 4. The Morgan fingerprint density at radius 2 is 1.58 bits per heavy atom. The van der Waals surface area contributed by atoms with E-state index >= 15 is 0 Å². The van der Waals surface area contributed by atoms with Crippen LogP contribution in [0.25, 0.3) is 0 Å². The van der Waals surface area contributed by atoms with E-state index < -0.39 is 28.7 Å². The predicted octanol–water partition coefficient (Wildman–Crippen LogP) is 5.75. The molecule has 0 spiro atoms. The topological polar surface area (TPSA) is 121 Å². The Balaban J connectivity index is 1.31. The maximum atomic E-state index is 13.0. The van der Waals surface area contributed by atoms with E-state index in [2.05, 4.69) is 26.5 Å². The second kappa shape index (κ2) is 11.4. The van der Waals surface area contributed by atoms with Crippen molar-refractivity contribution >= 4 is 40.8 Å². The number of alkyl halides is 3. The van der Waals surface area contributed by atoms with Crippen molar-refractivity contribution in [3.05, 3.63) is 77.1 Å². The van der Waals surface area contributed by atoms with Gasteiger partial charge in [0.2, 0.25) is 5.91 Å². The van der Waals surface area contributed by atoms with Gasteiger partial charge in [-0.1, -0.05) is 18.0 Å². The van der Waals surface area contributed by atoms with E-state index in [0.29, 0.717) is 17.2 Å². The minimum absolute atomic E-state index is 0.0299. The summed E-state index contributed by atoms with van der Waals surface area (Å²) < 4.78 is 44.7. The summed E-state index contributed by atoms with van der Waals surface area (Å²) in [4.78, 5) is 40.4. The minimum Gasteiger partial charge on any atom is -0.457 e. The van der Waals surface area contributed by atoms with Crippen molar-refractivity contribution in [2.45, 2.75) is 25.4 Å². The van der Waals surface area contributed by atoms with Crippen LogP contribution in [0.4, 0.5) is 29.3 Å². The Bertz CT molecular complexity index is 1350. The van der Waals surface area contributed by atoms with Gasteiger partial charge >= 0.3 is 12.2 Å². The summed E-state index contributed by atoms with van der Waals surface area (Å²) in [5.41, 5.74) is 3.94. The molecule has 1 aromatic heterocycles. The van der Waals surface area contributed by atoms with Crippen molar-refractivity contribution in [2.75, 3.05) is 10.6 Å². The van der Waals surface area contributed by atoms with Crippen LogP contribution in [0, 0.1) is 5.92 Å². The number of rotatable bonds is 6. The maximum Gasteiger partial charge on any atom is 0.417 e. The van der Waals surface area contributed by atoms with Gasteiger partial charge in [0.1, 0.15) is 17.2 Å². The van der Waals surface area contributed by atoms with Crippen LogP contribution in [0.5, 0.6) is 11.5 Å². The van der Waals surface area contributed by atoms with Crippen LogP contribution in [0.1, 0.15) is 35.3 Å². The van der Waals surface area contributed by atoms with Crippen LogP contribution in [0.15, 0.2) is 60.8 Å². The zero-order valence-electron chi connectivity index (χ0n) is 19.6. The summed E-state index contributed by atoms with van der Waals surface area (Å²) in [6, 6.07) is 11.3. The predicted molar refractivity (Wildman–Crippen MR) is 133 cm³/mol. The molecule has 0 saturated heterocycles. The molecule has 0 atom stereocenters. The molecule has 198 valence electrons. The molecule has 4 N–H and O–H groups in total. The Morgan fingerprint density at radius 1 is 0.895 bits per heavy atom. The second-order valence-corrected chi connectivity index (χ2v) is 8.75. The number of halogens is 4. The fraction of sp³-hybridized carbons (Fsp3) is 0.200. The van der Waals surface area contributed by atoms with Crippen molar-refractivity contribution in [1.29, 1.82) is 0 Å². The number of nitrogens with one attached hydrogen (secondary N) is 4. The molecule has 3 aromatic rings. The van der Waals surface area contributed by atoms with Gasteiger partial charge in [-0.3, -0.25) is 25.4 Å². The molecule has 1 fully saturated rings. The molecule has 13 heteroatoms. The fourth-order valence-corrected chi connectivity index (χ4v) is 3.63. The van der Waals surface area contributed by atoms with E-state index in [0.717, 1.165) is 31.4 Å². The molecule has 4 amide bonds. The molecule has 38 heavy (non-hydrogen) atoms. The van der Waals surface area contributed by atoms with Gasteiger partial charge in [0.25, 0.3) is 5.91 Å². The number of benzene rings is 2. The van der Waals surface area contributed by atoms with E-state index in [1.54, 1.807) is 12.1 Å². The number of aromatic nitrogens is 1. The molecule has 2 aromatic carbocycles. The molecular weight excluding hydrogens is 527 g/mol. The minimum atomic E-state index is -4.66. The Labute approximate surface area is 219 Å². The Kier molecular flexibility index (Phi) is 8.01. The highest BCUT2D eigenvalue weighted by Crippen LogP contribution is 2.36. The smallest absolute Gasteiger partial charge is 0.417 e. The van der Waals surface area contributed by atoms with Crippen molar-refractivity contribution < 1.29 is 32.3 Å². The number of anilines is 2. The maximum absolute atomic E-state index is 13.0. The average Bonchev–Trinajstić information content (AvgIpc) is 2.83. The van der Waals surface area contributed by atoms with Crippen LogP contribution in [-0.4, -0.2) is 22.8 Å². The lowest BCUT2D eigenvalue weighted by atomic mass is 9.85. The SMILES string of the molecule is O=C(Nc1ccc(Oc2ccnc(C(=O)NNC(=O)C3CCC3)c2)cc1)Nc1ccc(Cl)c(C(F)(F)F)c1. The number of ether oxygens (including phenoxy) is 1. The number of carbonyl (C=O) groups is 3. The largest absolute Gasteiger partial charge is 0.457 e. The van der Waals surface area contributed by atoms with Crippen LogP contribution < -0.4 is 26.2 Å². The first-order valence-electron chi connectivity index (χ1n) is 11.4. The van der Waals surface area contributed by atoms with E-state index in [1.807, 2.05) is 0 Å². The number of nitrogens with zero attached hydrogens (tertiary/aromatic N) is 1. The van der Waals surface area contributed by atoms with Crippen LogP contribution in [0.2, 0.25) is 5.02 Å². The molecular formula is C25H21ClF3N5O4. The van der Waals surface area contributed by atoms with Crippen LogP contribution in [0.3, 0.4) is 0 Å². The first kappa shape index (κ1) is 26.7. The summed E-state index contributed by atoms with van der Waals surface area (Å²) in [5.74, 6) is -0.243. The van der Waals surface area contributed by atoms with Gasteiger partial charge in [-0.05, 0) is 61.4 Å².